The van der Waals surface area contributed by atoms with E-state index in [9.17, 15) is 0 Å². The van der Waals surface area contributed by atoms with E-state index in [-0.39, 0.29) is 0 Å². The number of nitrogens with one attached hydrogen (secondary N) is 1. The van der Waals surface area contributed by atoms with Crippen LogP contribution in [0.5, 0.6) is 0 Å². The lowest BCUT2D eigenvalue weighted by molar-refractivity contribution is 1.13. The topological polar surface area (TPSA) is 67.1 Å². The quantitative estimate of drug-likeness (QED) is 0.841. The molecule has 88 valence electrons. The summed E-state index contributed by atoms with van der Waals surface area (Å²) in [4.78, 5) is 10.2. The zero-order valence-electron chi connectivity index (χ0n) is 9.88. The highest BCUT2D eigenvalue weighted by atomic mass is 15.1. The van der Waals surface area contributed by atoms with Crippen LogP contribution in [0.4, 0.5) is 23.0 Å². The third-order valence-corrected chi connectivity index (χ3v) is 2.29. The molecule has 0 aliphatic carbocycles. The Labute approximate surface area is 100 Å². The first-order valence-electron chi connectivity index (χ1n) is 5.27. The van der Waals surface area contributed by atoms with Crippen molar-refractivity contribution in [2.75, 3.05) is 30.0 Å². The average Bonchev–Trinajstić information content (AvgIpc) is 2.32. The zero-order chi connectivity index (χ0) is 12.3. The van der Waals surface area contributed by atoms with Crippen molar-refractivity contribution >= 4 is 23.0 Å². The van der Waals surface area contributed by atoms with Gasteiger partial charge in [-0.3, -0.25) is 0 Å². The van der Waals surface area contributed by atoms with Gasteiger partial charge in [0.05, 0.1) is 18.1 Å². The Morgan fingerprint density at radius 3 is 2.53 bits per heavy atom. The maximum atomic E-state index is 5.52. The summed E-state index contributed by atoms with van der Waals surface area (Å²) < 4.78 is 0. The van der Waals surface area contributed by atoms with Gasteiger partial charge >= 0.3 is 0 Å². The van der Waals surface area contributed by atoms with Crippen molar-refractivity contribution in [2.45, 2.75) is 0 Å². The molecule has 0 radical (unpaired) electrons. The molecule has 0 saturated carbocycles. The van der Waals surface area contributed by atoms with Gasteiger partial charge in [-0.15, -0.1) is 0 Å². The lowest BCUT2D eigenvalue weighted by atomic mass is 10.2. The molecule has 0 spiro atoms. The minimum absolute atomic E-state index is 0.537. The molecule has 5 heteroatoms. The van der Waals surface area contributed by atoms with Crippen molar-refractivity contribution in [2.24, 2.45) is 0 Å². The van der Waals surface area contributed by atoms with E-state index in [0.717, 1.165) is 11.4 Å². The molecular weight excluding hydrogens is 214 g/mol. The molecule has 1 aromatic carbocycles. The van der Waals surface area contributed by atoms with E-state index in [4.69, 9.17) is 5.73 Å². The fraction of sp³-hybridized carbons (Fsp3) is 0.167. The minimum atomic E-state index is 0.537. The number of nitrogens with zero attached hydrogens (tertiary/aromatic N) is 3. The van der Waals surface area contributed by atoms with Crippen LogP contribution in [0.2, 0.25) is 0 Å². The second kappa shape index (κ2) is 4.69. The Kier molecular flexibility index (Phi) is 3.09. The summed E-state index contributed by atoms with van der Waals surface area (Å²) in [5, 5.41) is 3.12. The summed E-state index contributed by atoms with van der Waals surface area (Å²) in [6.07, 6.45) is 3.15. The second-order valence-corrected chi connectivity index (χ2v) is 3.91. The predicted molar refractivity (Wildman–Crippen MR) is 70.5 cm³/mol. The SMILES string of the molecule is CN(C)c1cccc(Nc2ncc(N)cn2)c1. The first-order valence-corrected chi connectivity index (χ1v) is 5.27. The third-order valence-electron chi connectivity index (χ3n) is 2.29. The van der Waals surface area contributed by atoms with E-state index < -0.39 is 0 Å². The average molecular weight is 229 g/mol. The number of anilines is 4. The van der Waals surface area contributed by atoms with E-state index >= 15 is 0 Å². The van der Waals surface area contributed by atoms with Gasteiger partial charge in [0.15, 0.2) is 0 Å². The van der Waals surface area contributed by atoms with Crippen LogP contribution < -0.4 is 16.0 Å². The number of rotatable bonds is 3. The number of nitrogens with two attached hydrogens (primary N) is 1. The molecular formula is C12H15N5. The van der Waals surface area contributed by atoms with Gasteiger partial charge < -0.3 is 16.0 Å². The Balaban J connectivity index is 2.18. The molecule has 2 rings (SSSR count). The first-order chi connectivity index (χ1) is 8.15. The molecule has 0 aliphatic heterocycles. The van der Waals surface area contributed by atoms with Gasteiger partial charge in [-0.25, -0.2) is 9.97 Å². The number of nitrogen functional groups attached to an aromatic ring is 1. The molecule has 0 amide bonds. The fourth-order valence-electron chi connectivity index (χ4n) is 1.39. The maximum absolute atomic E-state index is 5.52. The molecule has 3 N–H and O–H groups in total. The van der Waals surface area contributed by atoms with Gasteiger partial charge in [0, 0.05) is 25.5 Å². The highest BCUT2D eigenvalue weighted by Crippen LogP contribution is 2.19. The first kappa shape index (κ1) is 11.2. The van der Waals surface area contributed by atoms with Crippen LogP contribution in [0.25, 0.3) is 0 Å². The third kappa shape index (κ3) is 2.84. The number of aromatic nitrogens is 2. The zero-order valence-corrected chi connectivity index (χ0v) is 9.88. The number of hydrogen-bond acceptors (Lipinski definition) is 5. The highest BCUT2D eigenvalue weighted by molar-refractivity contribution is 5.61. The highest BCUT2D eigenvalue weighted by Gasteiger charge is 2.00. The van der Waals surface area contributed by atoms with Crippen LogP contribution in [-0.2, 0) is 0 Å². The van der Waals surface area contributed by atoms with Gasteiger partial charge in [-0.05, 0) is 18.2 Å². The van der Waals surface area contributed by atoms with Crippen LogP contribution in [0, 0.1) is 0 Å². The monoisotopic (exact) mass is 229 g/mol. The van der Waals surface area contributed by atoms with E-state index in [1.807, 2.05) is 43.3 Å². The van der Waals surface area contributed by atoms with Gasteiger partial charge in [-0.1, -0.05) is 6.07 Å². The van der Waals surface area contributed by atoms with Crippen LogP contribution in [0.1, 0.15) is 0 Å². The molecule has 0 bridgehead atoms. The van der Waals surface area contributed by atoms with Crippen LogP contribution in [0.15, 0.2) is 36.7 Å². The van der Waals surface area contributed by atoms with Gasteiger partial charge in [-0.2, -0.15) is 0 Å². The summed E-state index contributed by atoms with van der Waals surface area (Å²) in [5.41, 5.74) is 8.14. The second-order valence-electron chi connectivity index (χ2n) is 3.91. The number of hydrogen-bond donors (Lipinski definition) is 2. The smallest absolute Gasteiger partial charge is 0.227 e. The van der Waals surface area contributed by atoms with Crippen molar-refractivity contribution < 1.29 is 0 Å². The Morgan fingerprint density at radius 1 is 1.18 bits per heavy atom. The van der Waals surface area contributed by atoms with Crippen molar-refractivity contribution in [1.82, 2.24) is 9.97 Å². The lowest BCUT2D eigenvalue weighted by Gasteiger charge is -2.13. The molecule has 2 aromatic rings. The summed E-state index contributed by atoms with van der Waals surface area (Å²) in [5.74, 6) is 0.537. The Bertz CT molecular complexity index is 493. The van der Waals surface area contributed by atoms with Crippen LogP contribution >= 0.6 is 0 Å². The predicted octanol–water partition coefficient (Wildman–Crippen LogP) is 1.87. The fourth-order valence-corrected chi connectivity index (χ4v) is 1.39. The largest absolute Gasteiger partial charge is 0.396 e. The molecule has 0 fully saturated rings. The van der Waals surface area contributed by atoms with Gasteiger partial charge in [0.1, 0.15) is 0 Å². The van der Waals surface area contributed by atoms with E-state index in [1.54, 1.807) is 12.4 Å². The molecule has 5 nitrogen and oxygen atoms in total. The summed E-state index contributed by atoms with van der Waals surface area (Å²) >= 11 is 0. The van der Waals surface area contributed by atoms with Crippen LogP contribution in [-0.4, -0.2) is 24.1 Å². The molecule has 1 aromatic heterocycles. The number of benzene rings is 1. The van der Waals surface area contributed by atoms with Gasteiger partial charge in [0.2, 0.25) is 5.95 Å². The molecule has 0 atom stereocenters. The standard InChI is InChI=1S/C12H15N5/c1-17(2)11-5-3-4-10(6-11)16-12-14-7-9(13)8-15-12/h3-8H,13H2,1-2H3,(H,14,15,16). The van der Waals surface area contributed by atoms with Crippen molar-refractivity contribution in [3.8, 4) is 0 Å². The summed E-state index contributed by atoms with van der Waals surface area (Å²) in [6, 6.07) is 8.01. The van der Waals surface area contributed by atoms with Crippen molar-refractivity contribution in [3.63, 3.8) is 0 Å². The normalized spacial score (nSPS) is 10.0. The summed E-state index contributed by atoms with van der Waals surface area (Å²) in [7, 11) is 4.00. The van der Waals surface area contributed by atoms with E-state index in [2.05, 4.69) is 15.3 Å². The minimum Gasteiger partial charge on any atom is -0.396 e. The molecule has 0 aliphatic rings. The van der Waals surface area contributed by atoms with E-state index in [1.165, 1.54) is 0 Å². The van der Waals surface area contributed by atoms with Crippen molar-refractivity contribution in [3.05, 3.63) is 36.7 Å². The molecule has 0 saturated heterocycles. The van der Waals surface area contributed by atoms with E-state index in [0.29, 0.717) is 11.6 Å². The molecule has 0 unspecified atom stereocenters. The summed E-state index contributed by atoms with van der Waals surface area (Å²) in [6.45, 7) is 0. The van der Waals surface area contributed by atoms with Gasteiger partial charge in [0.25, 0.3) is 0 Å². The Morgan fingerprint density at radius 2 is 1.88 bits per heavy atom. The molecule has 1 heterocycles. The van der Waals surface area contributed by atoms with Crippen molar-refractivity contribution in [1.29, 1.82) is 0 Å². The maximum Gasteiger partial charge on any atom is 0.227 e. The molecule has 17 heavy (non-hydrogen) atoms. The lowest BCUT2D eigenvalue weighted by Crippen LogP contribution is -2.08. The van der Waals surface area contributed by atoms with Crippen LogP contribution in [0.3, 0.4) is 0 Å². The Hall–Kier alpha value is -2.30.